The maximum atomic E-state index is 12.4. The normalized spacial score (nSPS) is 10.8. The van der Waals surface area contributed by atoms with Crippen molar-refractivity contribution in [3.05, 3.63) is 132 Å². The molecule has 2 aromatic carbocycles. The number of rotatable bonds is 9. The largest absolute Gasteiger partial charge is 0.272 e. The summed E-state index contributed by atoms with van der Waals surface area (Å²) in [7, 11) is 0. The summed E-state index contributed by atoms with van der Waals surface area (Å²) >= 11 is 0. The predicted molar refractivity (Wildman–Crippen MR) is 151 cm³/mol. The summed E-state index contributed by atoms with van der Waals surface area (Å²) in [5.74, 6) is -0.783. The lowest BCUT2D eigenvalue weighted by atomic mass is 10.1. The van der Waals surface area contributed by atoms with Gasteiger partial charge in [0.2, 0.25) is 0 Å². The smallest absolute Gasteiger partial charge is 0.267 e. The number of hydrogen-bond donors (Lipinski definition) is 2. The first-order valence-electron chi connectivity index (χ1n) is 11.6. The number of hydrogen-bond acceptors (Lipinski definition) is 6. The molecule has 0 aliphatic heterocycles. The minimum absolute atomic E-state index is 0.346. The average molecular weight is 501 g/mol. The van der Waals surface area contributed by atoms with Crippen molar-refractivity contribution in [2.75, 3.05) is 0 Å². The molecular weight excluding hydrogens is 476 g/mol. The van der Waals surface area contributed by atoms with Crippen molar-refractivity contribution in [2.24, 2.45) is 10.2 Å². The number of nitrogens with zero attached hydrogens (tertiary/aromatic N) is 4. The lowest BCUT2D eigenvalue weighted by Gasteiger charge is -2.04. The van der Waals surface area contributed by atoms with E-state index in [1.54, 1.807) is 48.8 Å². The van der Waals surface area contributed by atoms with Crippen molar-refractivity contribution in [1.29, 1.82) is 0 Å². The minimum atomic E-state index is -0.392. The molecule has 0 radical (unpaired) electrons. The van der Waals surface area contributed by atoms with Crippen LogP contribution in [0.1, 0.15) is 43.0 Å². The fraction of sp³-hybridized carbons (Fsp3) is 0. The van der Waals surface area contributed by atoms with Gasteiger partial charge in [-0.3, -0.25) is 19.6 Å². The molecule has 0 aliphatic carbocycles. The van der Waals surface area contributed by atoms with Gasteiger partial charge in [-0.15, -0.1) is 0 Å². The molecule has 8 heteroatoms. The van der Waals surface area contributed by atoms with Crippen molar-refractivity contribution >= 4 is 36.4 Å². The van der Waals surface area contributed by atoms with E-state index in [2.05, 4.69) is 44.2 Å². The SMILES string of the molecule is C=Cc1cccc(/C=N/NC(=O)c2ccc(-c3ccc(C(=O)N/N=C/c4cccc(C=C)c4)cn3)nc2)c1. The van der Waals surface area contributed by atoms with E-state index >= 15 is 0 Å². The van der Waals surface area contributed by atoms with Gasteiger partial charge in [0.05, 0.1) is 34.9 Å². The topological polar surface area (TPSA) is 109 Å². The van der Waals surface area contributed by atoms with Gasteiger partial charge in [-0.1, -0.05) is 61.7 Å². The van der Waals surface area contributed by atoms with Gasteiger partial charge in [0.15, 0.2) is 0 Å². The summed E-state index contributed by atoms with van der Waals surface area (Å²) in [5, 5.41) is 7.99. The van der Waals surface area contributed by atoms with Gasteiger partial charge in [0.1, 0.15) is 0 Å². The first-order chi connectivity index (χ1) is 18.6. The fourth-order valence-corrected chi connectivity index (χ4v) is 3.35. The van der Waals surface area contributed by atoms with E-state index < -0.39 is 11.8 Å². The van der Waals surface area contributed by atoms with Gasteiger partial charge in [0.25, 0.3) is 11.8 Å². The Bertz CT molecular complexity index is 1410. The van der Waals surface area contributed by atoms with Crippen LogP contribution in [-0.2, 0) is 0 Å². The molecule has 186 valence electrons. The zero-order valence-corrected chi connectivity index (χ0v) is 20.4. The Morgan fingerprint density at radius 2 is 1.05 bits per heavy atom. The third-order valence-corrected chi connectivity index (χ3v) is 5.37. The molecule has 0 unspecified atom stereocenters. The quantitative estimate of drug-likeness (QED) is 0.250. The molecule has 0 saturated carbocycles. The molecule has 0 fully saturated rings. The second kappa shape index (κ2) is 12.5. The van der Waals surface area contributed by atoms with Crippen molar-refractivity contribution in [1.82, 2.24) is 20.8 Å². The molecule has 2 heterocycles. The predicted octanol–water partition coefficient (Wildman–Crippen LogP) is 4.96. The molecular formula is C30H24N6O2. The van der Waals surface area contributed by atoms with Crippen LogP contribution in [0.4, 0.5) is 0 Å². The maximum Gasteiger partial charge on any atom is 0.272 e. The number of nitrogens with one attached hydrogen (secondary N) is 2. The highest BCUT2D eigenvalue weighted by atomic mass is 16.2. The zero-order chi connectivity index (χ0) is 26.7. The first kappa shape index (κ1) is 25.6. The van der Waals surface area contributed by atoms with Gasteiger partial charge < -0.3 is 0 Å². The zero-order valence-electron chi connectivity index (χ0n) is 20.4. The van der Waals surface area contributed by atoms with Crippen LogP contribution < -0.4 is 10.9 Å². The molecule has 0 aliphatic rings. The van der Waals surface area contributed by atoms with Crippen LogP contribution in [0.15, 0.2) is 109 Å². The third kappa shape index (κ3) is 6.79. The summed E-state index contributed by atoms with van der Waals surface area (Å²) in [5.41, 5.74) is 10.4. The molecule has 0 saturated heterocycles. The molecule has 4 aromatic rings. The lowest BCUT2D eigenvalue weighted by Crippen LogP contribution is -2.18. The molecule has 0 bridgehead atoms. The molecule has 2 aromatic heterocycles. The molecule has 2 N–H and O–H groups in total. The van der Waals surface area contributed by atoms with Crippen molar-refractivity contribution < 1.29 is 9.59 Å². The monoisotopic (exact) mass is 500 g/mol. The van der Waals surface area contributed by atoms with Crippen LogP contribution in [0.5, 0.6) is 0 Å². The number of carbonyl (C=O) groups is 2. The first-order valence-corrected chi connectivity index (χ1v) is 11.6. The summed E-state index contributed by atoms with van der Waals surface area (Å²) in [4.78, 5) is 33.4. The highest BCUT2D eigenvalue weighted by Gasteiger charge is 2.09. The van der Waals surface area contributed by atoms with Crippen LogP contribution in [0.3, 0.4) is 0 Å². The van der Waals surface area contributed by atoms with Crippen molar-refractivity contribution in [3.63, 3.8) is 0 Å². The van der Waals surface area contributed by atoms with E-state index in [0.29, 0.717) is 22.5 Å². The fourth-order valence-electron chi connectivity index (χ4n) is 3.35. The molecule has 8 nitrogen and oxygen atoms in total. The van der Waals surface area contributed by atoms with Crippen LogP contribution in [-0.4, -0.2) is 34.2 Å². The number of benzene rings is 2. The Hall–Kier alpha value is -5.50. The summed E-state index contributed by atoms with van der Waals surface area (Å²) in [6.07, 6.45) is 9.47. The highest BCUT2D eigenvalue weighted by molar-refractivity contribution is 5.95. The number of hydrazone groups is 2. The van der Waals surface area contributed by atoms with Crippen LogP contribution in [0.25, 0.3) is 23.5 Å². The van der Waals surface area contributed by atoms with Crippen molar-refractivity contribution in [2.45, 2.75) is 0 Å². The summed E-state index contributed by atoms with van der Waals surface area (Å²) in [6, 6.07) is 21.8. The number of pyridine rings is 2. The average Bonchev–Trinajstić information content (AvgIpc) is 2.97. The highest BCUT2D eigenvalue weighted by Crippen LogP contribution is 2.15. The summed E-state index contributed by atoms with van der Waals surface area (Å²) in [6.45, 7) is 7.47. The number of carbonyl (C=O) groups excluding carboxylic acids is 2. The van der Waals surface area contributed by atoms with E-state index in [1.807, 2.05) is 48.5 Å². The van der Waals surface area contributed by atoms with Gasteiger partial charge in [0, 0.05) is 12.4 Å². The lowest BCUT2D eigenvalue weighted by molar-refractivity contribution is 0.0946. The van der Waals surface area contributed by atoms with E-state index in [1.165, 1.54) is 12.4 Å². The molecule has 2 amide bonds. The Balaban J connectivity index is 1.33. The maximum absolute atomic E-state index is 12.4. The summed E-state index contributed by atoms with van der Waals surface area (Å²) < 4.78 is 0. The number of amides is 2. The molecule has 0 atom stereocenters. The second-order valence-corrected chi connectivity index (χ2v) is 8.01. The molecule has 0 spiro atoms. The Morgan fingerprint density at radius 1 is 0.632 bits per heavy atom. The minimum Gasteiger partial charge on any atom is -0.267 e. The standard InChI is InChI=1S/C30H24N6O2/c1-3-21-7-5-9-23(15-21)17-33-35-29(37)25-11-13-27(31-19-25)28-14-12-26(20-32-28)30(38)36-34-18-24-10-6-8-22(4-2)16-24/h3-20H,1-2H2,(H,35,37)(H,36,38)/b33-17+,34-18+. The van der Waals surface area contributed by atoms with Gasteiger partial charge in [-0.2, -0.15) is 10.2 Å². The van der Waals surface area contributed by atoms with Crippen LogP contribution >= 0.6 is 0 Å². The van der Waals surface area contributed by atoms with Crippen LogP contribution in [0.2, 0.25) is 0 Å². The molecule has 38 heavy (non-hydrogen) atoms. The van der Waals surface area contributed by atoms with E-state index in [0.717, 1.165) is 22.3 Å². The van der Waals surface area contributed by atoms with Gasteiger partial charge in [-0.05, 0) is 58.7 Å². The third-order valence-electron chi connectivity index (χ3n) is 5.37. The Morgan fingerprint density at radius 3 is 1.42 bits per heavy atom. The Labute approximate surface area is 220 Å². The van der Waals surface area contributed by atoms with E-state index in [-0.39, 0.29) is 0 Å². The number of aromatic nitrogens is 2. The van der Waals surface area contributed by atoms with Crippen LogP contribution in [0, 0.1) is 0 Å². The van der Waals surface area contributed by atoms with E-state index in [4.69, 9.17) is 0 Å². The molecule has 4 rings (SSSR count). The van der Waals surface area contributed by atoms with E-state index in [9.17, 15) is 9.59 Å². The van der Waals surface area contributed by atoms with Gasteiger partial charge in [-0.25, -0.2) is 10.9 Å². The second-order valence-electron chi connectivity index (χ2n) is 8.01. The van der Waals surface area contributed by atoms with Gasteiger partial charge >= 0.3 is 0 Å². The Kier molecular flexibility index (Phi) is 8.39. The van der Waals surface area contributed by atoms with Crippen molar-refractivity contribution in [3.8, 4) is 11.4 Å².